The molecule has 14 heavy (non-hydrogen) atoms. The van der Waals surface area contributed by atoms with Crippen molar-refractivity contribution in [2.45, 2.75) is 12.5 Å². The zero-order valence-corrected chi connectivity index (χ0v) is 8.20. The Balaban J connectivity index is 2.06. The Bertz CT molecular complexity index is 394. The summed E-state index contributed by atoms with van der Waals surface area (Å²) in [5.74, 6) is 0.691. The van der Waals surface area contributed by atoms with Crippen molar-refractivity contribution in [3.63, 3.8) is 0 Å². The van der Waals surface area contributed by atoms with Gasteiger partial charge in [0.05, 0.1) is 18.6 Å². The molecule has 0 bridgehead atoms. The molecule has 74 valence electrons. The Morgan fingerprint density at radius 3 is 2.79 bits per heavy atom. The van der Waals surface area contributed by atoms with Crippen molar-refractivity contribution in [1.82, 2.24) is 0 Å². The highest BCUT2D eigenvalue weighted by atomic mass is 35.5. The van der Waals surface area contributed by atoms with E-state index in [9.17, 15) is 0 Å². The maximum absolute atomic E-state index is 5.91. The molecule has 1 unspecified atom stereocenters. The quantitative estimate of drug-likeness (QED) is 0.850. The Morgan fingerprint density at radius 2 is 2.21 bits per heavy atom. The van der Waals surface area contributed by atoms with Crippen LogP contribution < -0.4 is 5.73 Å². The van der Waals surface area contributed by atoms with Gasteiger partial charge in [-0.3, -0.25) is 0 Å². The highest BCUT2D eigenvalue weighted by Gasteiger charge is 2.11. The predicted molar refractivity (Wildman–Crippen MR) is 53.1 cm³/mol. The summed E-state index contributed by atoms with van der Waals surface area (Å²) < 4.78 is 10.1. The lowest BCUT2D eigenvalue weighted by molar-refractivity contribution is 0.465. The standard InChI is InChI=1S/C10H10ClNO2/c11-10-2-1-9(14-10)8(12)5-7-3-4-13-6-7/h1-4,6,8H,5,12H2. The zero-order valence-electron chi connectivity index (χ0n) is 7.44. The van der Waals surface area contributed by atoms with Crippen molar-refractivity contribution < 1.29 is 8.83 Å². The molecule has 0 fully saturated rings. The van der Waals surface area contributed by atoms with E-state index in [1.54, 1.807) is 24.7 Å². The molecule has 2 rings (SSSR count). The van der Waals surface area contributed by atoms with E-state index in [1.807, 2.05) is 6.07 Å². The summed E-state index contributed by atoms with van der Waals surface area (Å²) in [6.07, 6.45) is 3.97. The molecular weight excluding hydrogens is 202 g/mol. The summed E-state index contributed by atoms with van der Waals surface area (Å²) in [7, 11) is 0. The van der Waals surface area contributed by atoms with Gasteiger partial charge in [0.25, 0.3) is 0 Å². The molecule has 0 radical (unpaired) electrons. The van der Waals surface area contributed by atoms with Crippen molar-refractivity contribution in [3.05, 3.63) is 47.3 Å². The molecule has 0 spiro atoms. The molecule has 0 saturated carbocycles. The lowest BCUT2D eigenvalue weighted by atomic mass is 10.1. The normalized spacial score (nSPS) is 13.0. The molecule has 0 aliphatic rings. The summed E-state index contributed by atoms with van der Waals surface area (Å²) in [4.78, 5) is 0. The molecule has 2 heterocycles. The van der Waals surface area contributed by atoms with Crippen LogP contribution in [0, 0.1) is 0 Å². The number of halogens is 1. The Hall–Kier alpha value is -1.19. The lowest BCUT2D eigenvalue weighted by Crippen LogP contribution is -2.11. The van der Waals surface area contributed by atoms with Crippen molar-refractivity contribution in [2.24, 2.45) is 5.73 Å². The van der Waals surface area contributed by atoms with Gasteiger partial charge in [-0.2, -0.15) is 0 Å². The summed E-state index contributed by atoms with van der Waals surface area (Å²) in [6.45, 7) is 0. The van der Waals surface area contributed by atoms with Crippen molar-refractivity contribution in [3.8, 4) is 0 Å². The van der Waals surface area contributed by atoms with Gasteiger partial charge in [0.15, 0.2) is 5.22 Å². The first-order valence-electron chi connectivity index (χ1n) is 4.27. The van der Waals surface area contributed by atoms with Gasteiger partial charge in [0.1, 0.15) is 5.76 Å². The highest BCUT2D eigenvalue weighted by Crippen LogP contribution is 2.21. The second-order valence-corrected chi connectivity index (χ2v) is 3.46. The maximum atomic E-state index is 5.91. The van der Waals surface area contributed by atoms with Crippen LogP contribution in [-0.4, -0.2) is 0 Å². The first kappa shape index (κ1) is 9.37. The summed E-state index contributed by atoms with van der Waals surface area (Å²) in [5.41, 5.74) is 6.95. The van der Waals surface area contributed by atoms with Gasteiger partial charge in [-0.05, 0) is 41.8 Å². The van der Waals surface area contributed by atoms with Crippen LogP contribution in [-0.2, 0) is 6.42 Å². The molecule has 2 aromatic rings. The summed E-state index contributed by atoms with van der Waals surface area (Å²) in [6, 6.07) is 5.17. The number of furan rings is 2. The largest absolute Gasteiger partial charge is 0.472 e. The van der Waals surface area contributed by atoms with E-state index in [0.29, 0.717) is 17.4 Å². The van der Waals surface area contributed by atoms with E-state index in [0.717, 1.165) is 5.56 Å². The molecule has 0 aliphatic heterocycles. The minimum absolute atomic E-state index is 0.180. The third-order valence-corrected chi connectivity index (χ3v) is 2.20. The van der Waals surface area contributed by atoms with Crippen LogP contribution >= 0.6 is 11.6 Å². The maximum Gasteiger partial charge on any atom is 0.193 e. The molecule has 1 atom stereocenters. The fourth-order valence-electron chi connectivity index (χ4n) is 1.29. The second-order valence-electron chi connectivity index (χ2n) is 3.08. The molecule has 3 nitrogen and oxygen atoms in total. The Kier molecular flexibility index (Phi) is 2.61. The Labute approximate surface area is 86.5 Å². The van der Waals surface area contributed by atoms with Gasteiger partial charge >= 0.3 is 0 Å². The van der Waals surface area contributed by atoms with Gasteiger partial charge in [-0.1, -0.05) is 0 Å². The smallest absolute Gasteiger partial charge is 0.193 e. The van der Waals surface area contributed by atoms with Crippen LogP contribution in [0.1, 0.15) is 17.4 Å². The fraction of sp³-hybridized carbons (Fsp3) is 0.200. The van der Waals surface area contributed by atoms with Gasteiger partial charge < -0.3 is 14.6 Å². The topological polar surface area (TPSA) is 52.3 Å². The monoisotopic (exact) mass is 211 g/mol. The molecule has 0 aromatic carbocycles. The van der Waals surface area contributed by atoms with Gasteiger partial charge in [-0.25, -0.2) is 0 Å². The number of hydrogen-bond acceptors (Lipinski definition) is 3. The van der Waals surface area contributed by atoms with Crippen LogP contribution in [0.4, 0.5) is 0 Å². The molecule has 2 N–H and O–H groups in total. The molecule has 0 aliphatic carbocycles. The minimum Gasteiger partial charge on any atom is -0.472 e. The van der Waals surface area contributed by atoms with Gasteiger partial charge in [0, 0.05) is 0 Å². The fourth-order valence-corrected chi connectivity index (χ4v) is 1.44. The average molecular weight is 212 g/mol. The van der Waals surface area contributed by atoms with E-state index >= 15 is 0 Å². The highest BCUT2D eigenvalue weighted by molar-refractivity contribution is 6.28. The SMILES string of the molecule is NC(Cc1ccoc1)c1ccc(Cl)o1. The molecule has 4 heteroatoms. The van der Waals surface area contributed by atoms with Crippen LogP contribution in [0.25, 0.3) is 0 Å². The first-order valence-corrected chi connectivity index (χ1v) is 4.65. The average Bonchev–Trinajstić information content (AvgIpc) is 2.75. The van der Waals surface area contributed by atoms with Crippen molar-refractivity contribution in [1.29, 1.82) is 0 Å². The second kappa shape index (κ2) is 3.90. The van der Waals surface area contributed by atoms with Crippen LogP contribution in [0.3, 0.4) is 0 Å². The lowest BCUT2D eigenvalue weighted by Gasteiger charge is -2.05. The van der Waals surface area contributed by atoms with E-state index in [4.69, 9.17) is 26.2 Å². The van der Waals surface area contributed by atoms with E-state index in [1.165, 1.54) is 0 Å². The number of hydrogen-bond donors (Lipinski definition) is 1. The first-order chi connectivity index (χ1) is 6.75. The number of nitrogens with two attached hydrogens (primary N) is 1. The summed E-state index contributed by atoms with van der Waals surface area (Å²) in [5, 5.41) is 0.364. The predicted octanol–water partition coefficient (Wildman–Crippen LogP) is 2.77. The van der Waals surface area contributed by atoms with Crippen LogP contribution in [0.15, 0.2) is 39.6 Å². The van der Waals surface area contributed by atoms with Crippen molar-refractivity contribution >= 4 is 11.6 Å². The van der Waals surface area contributed by atoms with Crippen LogP contribution in [0.5, 0.6) is 0 Å². The molecule has 0 amide bonds. The third-order valence-electron chi connectivity index (χ3n) is 2.00. The molecule has 0 saturated heterocycles. The van der Waals surface area contributed by atoms with E-state index in [2.05, 4.69) is 0 Å². The van der Waals surface area contributed by atoms with Crippen LogP contribution in [0.2, 0.25) is 5.22 Å². The summed E-state index contributed by atoms with van der Waals surface area (Å²) >= 11 is 5.65. The minimum atomic E-state index is -0.180. The van der Waals surface area contributed by atoms with Gasteiger partial charge in [0.2, 0.25) is 0 Å². The zero-order chi connectivity index (χ0) is 9.97. The van der Waals surface area contributed by atoms with Crippen molar-refractivity contribution in [2.75, 3.05) is 0 Å². The van der Waals surface area contributed by atoms with Gasteiger partial charge in [-0.15, -0.1) is 0 Å². The van der Waals surface area contributed by atoms with E-state index in [-0.39, 0.29) is 6.04 Å². The molecule has 2 aromatic heterocycles. The number of rotatable bonds is 3. The Morgan fingerprint density at radius 1 is 1.36 bits per heavy atom. The third kappa shape index (κ3) is 2.00. The molecular formula is C10H10ClNO2. The van der Waals surface area contributed by atoms with E-state index < -0.39 is 0 Å².